The highest BCUT2D eigenvalue weighted by Crippen LogP contribution is 2.18. The van der Waals surface area contributed by atoms with Gasteiger partial charge in [-0.1, -0.05) is 41.9 Å². The van der Waals surface area contributed by atoms with E-state index in [-0.39, 0.29) is 0 Å². The highest BCUT2D eigenvalue weighted by atomic mass is 35.5. The van der Waals surface area contributed by atoms with Gasteiger partial charge in [-0.3, -0.25) is 4.90 Å². The predicted octanol–water partition coefficient (Wildman–Crippen LogP) is 4.16. The summed E-state index contributed by atoms with van der Waals surface area (Å²) in [4.78, 5) is 4.66. The number of thiocarbonyl (C=S) groups is 1. The van der Waals surface area contributed by atoms with Crippen LogP contribution in [0.3, 0.4) is 0 Å². The molecule has 0 radical (unpaired) electrons. The van der Waals surface area contributed by atoms with Crippen LogP contribution in [0, 0.1) is 6.92 Å². The van der Waals surface area contributed by atoms with E-state index in [1.54, 1.807) is 0 Å². The average molecular weight is 360 g/mol. The van der Waals surface area contributed by atoms with Crippen molar-refractivity contribution in [3.05, 3.63) is 64.7 Å². The van der Waals surface area contributed by atoms with Crippen molar-refractivity contribution < 1.29 is 0 Å². The number of hydrogen-bond donors (Lipinski definition) is 1. The smallest absolute Gasteiger partial charge is 0.173 e. The van der Waals surface area contributed by atoms with Crippen molar-refractivity contribution in [2.24, 2.45) is 0 Å². The zero-order valence-electron chi connectivity index (χ0n) is 13.8. The number of anilines is 1. The fourth-order valence-electron chi connectivity index (χ4n) is 2.90. The molecule has 126 valence electrons. The summed E-state index contributed by atoms with van der Waals surface area (Å²) < 4.78 is 0. The lowest BCUT2D eigenvalue weighted by Crippen LogP contribution is -2.49. The van der Waals surface area contributed by atoms with Crippen LogP contribution < -0.4 is 5.32 Å². The fraction of sp³-hybridized carbons (Fsp3) is 0.316. The topological polar surface area (TPSA) is 18.5 Å². The van der Waals surface area contributed by atoms with Crippen molar-refractivity contribution in [3.63, 3.8) is 0 Å². The molecule has 1 heterocycles. The molecule has 0 bridgehead atoms. The minimum Gasteiger partial charge on any atom is -0.346 e. The first-order valence-electron chi connectivity index (χ1n) is 8.20. The predicted molar refractivity (Wildman–Crippen MR) is 106 cm³/mol. The quantitative estimate of drug-likeness (QED) is 0.829. The van der Waals surface area contributed by atoms with Gasteiger partial charge in [0, 0.05) is 43.4 Å². The Morgan fingerprint density at radius 2 is 1.83 bits per heavy atom. The van der Waals surface area contributed by atoms with E-state index in [4.69, 9.17) is 23.8 Å². The third-order valence-corrected chi connectivity index (χ3v) is 5.01. The molecular weight excluding hydrogens is 338 g/mol. The first kappa shape index (κ1) is 17.2. The minimum atomic E-state index is 0.804. The summed E-state index contributed by atoms with van der Waals surface area (Å²) in [6.07, 6.45) is 0. The second-order valence-corrected chi connectivity index (χ2v) is 6.95. The second kappa shape index (κ2) is 7.97. The number of halogens is 1. The van der Waals surface area contributed by atoms with Crippen molar-refractivity contribution in [1.29, 1.82) is 0 Å². The lowest BCUT2D eigenvalue weighted by atomic mass is 10.2. The highest BCUT2D eigenvalue weighted by molar-refractivity contribution is 7.80. The van der Waals surface area contributed by atoms with Crippen LogP contribution in [0.15, 0.2) is 48.5 Å². The summed E-state index contributed by atoms with van der Waals surface area (Å²) >= 11 is 11.8. The molecule has 1 N–H and O–H groups in total. The third-order valence-electron chi connectivity index (χ3n) is 4.28. The van der Waals surface area contributed by atoms with Gasteiger partial charge in [0.05, 0.1) is 0 Å². The van der Waals surface area contributed by atoms with Crippen molar-refractivity contribution in [2.45, 2.75) is 13.5 Å². The number of nitrogens with zero attached hydrogens (tertiary/aromatic N) is 2. The average Bonchev–Trinajstić information content (AvgIpc) is 2.57. The lowest BCUT2D eigenvalue weighted by molar-refractivity contribution is 0.177. The van der Waals surface area contributed by atoms with Crippen LogP contribution in [-0.4, -0.2) is 41.1 Å². The zero-order valence-corrected chi connectivity index (χ0v) is 15.4. The normalized spacial score (nSPS) is 15.3. The van der Waals surface area contributed by atoms with Crippen LogP contribution in [0.5, 0.6) is 0 Å². The van der Waals surface area contributed by atoms with Crippen molar-refractivity contribution >= 4 is 34.6 Å². The molecule has 0 aromatic heterocycles. The van der Waals surface area contributed by atoms with Gasteiger partial charge < -0.3 is 10.2 Å². The van der Waals surface area contributed by atoms with Crippen molar-refractivity contribution in [3.8, 4) is 0 Å². The summed E-state index contributed by atoms with van der Waals surface area (Å²) in [7, 11) is 0. The Labute approximate surface area is 154 Å². The number of rotatable bonds is 3. The summed E-state index contributed by atoms with van der Waals surface area (Å²) in [5.74, 6) is 0. The van der Waals surface area contributed by atoms with E-state index in [1.165, 1.54) is 11.1 Å². The molecule has 24 heavy (non-hydrogen) atoms. The first-order valence-corrected chi connectivity index (χ1v) is 8.99. The minimum absolute atomic E-state index is 0.804. The molecule has 2 aromatic carbocycles. The molecule has 2 aromatic rings. The van der Waals surface area contributed by atoms with E-state index in [1.807, 2.05) is 30.3 Å². The Morgan fingerprint density at radius 1 is 1.08 bits per heavy atom. The molecular formula is C19H22ClN3S. The van der Waals surface area contributed by atoms with Gasteiger partial charge in [0.1, 0.15) is 0 Å². The van der Waals surface area contributed by atoms with Gasteiger partial charge in [0.25, 0.3) is 0 Å². The monoisotopic (exact) mass is 359 g/mol. The molecule has 0 unspecified atom stereocenters. The summed E-state index contributed by atoms with van der Waals surface area (Å²) in [5.41, 5.74) is 3.47. The molecule has 0 saturated carbocycles. The summed E-state index contributed by atoms with van der Waals surface area (Å²) in [6.45, 7) is 6.82. The number of aryl methyl sites for hydroxylation is 1. The SMILES string of the molecule is Cc1cccc(NC(=S)N2CCN(Cc3ccccc3Cl)CC2)c1. The van der Waals surface area contributed by atoms with Gasteiger partial charge in [-0.25, -0.2) is 0 Å². The number of hydrogen-bond acceptors (Lipinski definition) is 2. The molecule has 5 heteroatoms. The molecule has 0 aliphatic carbocycles. The van der Waals surface area contributed by atoms with Gasteiger partial charge in [-0.2, -0.15) is 0 Å². The summed E-state index contributed by atoms with van der Waals surface area (Å²) in [5, 5.41) is 4.99. The van der Waals surface area contributed by atoms with E-state index in [9.17, 15) is 0 Å². The largest absolute Gasteiger partial charge is 0.346 e. The van der Waals surface area contributed by atoms with E-state index in [2.05, 4.69) is 40.2 Å². The van der Waals surface area contributed by atoms with Gasteiger partial charge >= 0.3 is 0 Å². The number of benzene rings is 2. The van der Waals surface area contributed by atoms with Crippen LogP contribution >= 0.6 is 23.8 Å². The molecule has 0 amide bonds. The number of nitrogens with one attached hydrogen (secondary N) is 1. The highest BCUT2D eigenvalue weighted by Gasteiger charge is 2.19. The van der Waals surface area contributed by atoms with Crippen LogP contribution in [-0.2, 0) is 6.54 Å². The Morgan fingerprint density at radius 3 is 2.54 bits per heavy atom. The maximum absolute atomic E-state index is 6.26. The lowest BCUT2D eigenvalue weighted by Gasteiger charge is -2.36. The van der Waals surface area contributed by atoms with Crippen LogP contribution in [0.1, 0.15) is 11.1 Å². The van der Waals surface area contributed by atoms with Crippen LogP contribution in [0.25, 0.3) is 0 Å². The molecule has 1 aliphatic rings. The summed E-state index contributed by atoms with van der Waals surface area (Å²) in [6, 6.07) is 16.3. The molecule has 1 aliphatic heterocycles. The molecule has 3 nitrogen and oxygen atoms in total. The maximum Gasteiger partial charge on any atom is 0.173 e. The standard InChI is InChI=1S/C19H22ClN3S/c1-15-5-4-7-17(13-15)21-19(24)23-11-9-22(10-12-23)14-16-6-2-3-8-18(16)20/h2-8,13H,9-12,14H2,1H3,(H,21,24). The Balaban J connectivity index is 1.51. The van der Waals surface area contributed by atoms with Gasteiger partial charge in [-0.05, 0) is 48.5 Å². The van der Waals surface area contributed by atoms with E-state index in [0.29, 0.717) is 0 Å². The molecule has 3 rings (SSSR count). The van der Waals surface area contributed by atoms with E-state index in [0.717, 1.165) is 48.5 Å². The van der Waals surface area contributed by atoms with Gasteiger partial charge in [0.15, 0.2) is 5.11 Å². The Hall–Kier alpha value is -1.62. The second-order valence-electron chi connectivity index (χ2n) is 6.15. The van der Waals surface area contributed by atoms with Crippen LogP contribution in [0.4, 0.5) is 5.69 Å². The number of piperazine rings is 1. The molecule has 0 spiro atoms. The first-order chi connectivity index (χ1) is 11.6. The third kappa shape index (κ3) is 4.47. The fourth-order valence-corrected chi connectivity index (χ4v) is 3.40. The molecule has 1 saturated heterocycles. The van der Waals surface area contributed by atoms with Crippen LogP contribution in [0.2, 0.25) is 5.02 Å². The Bertz CT molecular complexity index is 711. The van der Waals surface area contributed by atoms with Gasteiger partial charge in [0.2, 0.25) is 0 Å². The zero-order chi connectivity index (χ0) is 16.9. The Kier molecular flexibility index (Phi) is 5.72. The molecule has 0 atom stereocenters. The van der Waals surface area contributed by atoms with Gasteiger partial charge in [-0.15, -0.1) is 0 Å². The molecule has 1 fully saturated rings. The van der Waals surface area contributed by atoms with E-state index >= 15 is 0 Å². The van der Waals surface area contributed by atoms with E-state index < -0.39 is 0 Å². The maximum atomic E-state index is 6.26. The van der Waals surface area contributed by atoms with Crippen molar-refractivity contribution in [1.82, 2.24) is 9.80 Å². The van der Waals surface area contributed by atoms with Crippen molar-refractivity contribution in [2.75, 3.05) is 31.5 Å².